The van der Waals surface area contributed by atoms with Crippen molar-refractivity contribution < 1.29 is 9.59 Å². The van der Waals surface area contributed by atoms with Crippen molar-refractivity contribution in [3.8, 4) is 6.07 Å². The summed E-state index contributed by atoms with van der Waals surface area (Å²) in [5, 5.41) is 9.17. The highest BCUT2D eigenvalue weighted by atomic mass is 16.2. The minimum atomic E-state index is -0.205. The lowest BCUT2D eigenvalue weighted by Crippen LogP contribution is -2.38. The molecule has 4 aliphatic rings. The molecule has 4 nitrogen and oxygen atoms in total. The second kappa shape index (κ2) is 4.54. The van der Waals surface area contributed by atoms with Crippen LogP contribution in [0.3, 0.4) is 0 Å². The summed E-state index contributed by atoms with van der Waals surface area (Å²) in [5.41, 5.74) is 1.89. The van der Waals surface area contributed by atoms with Gasteiger partial charge in [-0.05, 0) is 49.3 Å². The van der Waals surface area contributed by atoms with Crippen molar-refractivity contribution >= 4 is 17.5 Å². The summed E-state index contributed by atoms with van der Waals surface area (Å²) in [5.74, 6) is -0.218. The summed E-state index contributed by atoms with van der Waals surface area (Å²) in [4.78, 5) is 26.9. The molecule has 0 aromatic heterocycles. The fraction of sp³-hybridized carbons (Fsp3) is 0.389. The van der Waals surface area contributed by atoms with Crippen LogP contribution in [0.25, 0.3) is 0 Å². The summed E-state index contributed by atoms with van der Waals surface area (Å²) in [6.07, 6.45) is 6.21. The third-order valence-electron chi connectivity index (χ3n) is 5.36. The van der Waals surface area contributed by atoms with E-state index in [1.165, 1.54) is 4.90 Å². The highest BCUT2D eigenvalue weighted by Gasteiger charge is 2.56. The molecule has 4 heteroatoms. The predicted octanol–water partition coefficient (Wildman–Crippen LogP) is 2.57. The van der Waals surface area contributed by atoms with Crippen LogP contribution in [0.2, 0.25) is 0 Å². The lowest BCUT2D eigenvalue weighted by molar-refractivity contribution is -0.124. The van der Waals surface area contributed by atoms with Crippen LogP contribution in [0.5, 0.6) is 0 Å². The molecule has 0 unspecified atom stereocenters. The third-order valence-corrected chi connectivity index (χ3v) is 5.36. The van der Waals surface area contributed by atoms with Gasteiger partial charge in [0.25, 0.3) is 0 Å². The van der Waals surface area contributed by atoms with Gasteiger partial charge >= 0.3 is 0 Å². The van der Waals surface area contributed by atoms with Crippen molar-refractivity contribution in [2.75, 3.05) is 4.90 Å². The normalized spacial score (nSPS) is 32.3. The summed E-state index contributed by atoms with van der Waals surface area (Å²) < 4.78 is 0. The molecule has 5 rings (SSSR count). The van der Waals surface area contributed by atoms with Gasteiger partial charge in [0.1, 0.15) is 0 Å². The molecule has 1 saturated heterocycles. The predicted molar refractivity (Wildman–Crippen MR) is 80.7 cm³/mol. The Morgan fingerprint density at radius 1 is 1.09 bits per heavy atom. The number of allylic oxidation sites excluding steroid dienone is 2. The highest BCUT2D eigenvalue weighted by Crippen LogP contribution is 2.50. The van der Waals surface area contributed by atoms with Crippen LogP contribution >= 0.6 is 0 Å². The summed E-state index contributed by atoms with van der Waals surface area (Å²) in [6, 6.07) is 7.33. The standard InChI is InChI=1S/C18H16N2O2/c1-10-2-7-14(8-13(10)9-19)20-17(21)15-11-3-4-12(6-5-11)16(15)18(20)22/h2-4,7-8,11-12,15-16H,5-6H2,1H3/t11-,12+,15-,16+. The van der Waals surface area contributed by atoms with Gasteiger partial charge in [0.15, 0.2) is 0 Å². The molecule has 1 aromatic carbocycles. The molecule has 1 saturated carbocycles. The number of fused-ring (bicyclic) bond motifs is 1. The Kier molecular flexibility index (Phi) is 2.74. The molecule has 2 bridgehead atoms. The van der Waals surface area contributed by atoms with Gasteiger partial charge in [0.2, 0.25) is 11.8 Å². The number of imide groups is 1. The van der Waals surface area contributed by atoms with Crippen LogP contribution in [0.1, 0.15) is 24.0 Å². The van der Waals surface area contributed by atoms with E-state index in [9.17, 15) is 9.59 Å². The Bertz CT molecular complexity index is 727. The maximum Gasteiger partial charge on any atom is 0.238 e. The molecule has 1 heterocycles. The van der Waals surface area contributed by atoms with E-state index in [1.54, 1.807) is 18.2 Å². The number of aryl methyl sites for hydroxylation is 1. The number of rotatable bonds is 1. The molecular weight excluding hydrogens is 276 g/mol. The largest absolute Gasteiger partial charge is 0.274 e. The SMILES string of the molecule is Cc1ccc(N2C(=O)[C@@H]3[C@H](C2=O)[C@@H]2C=C[C@H]3CC2)cc1C#N. The zero-order valence-corrected chi connectivity index (χ0v) is 12.3. The number of carbonyl (C=O) groups is 2. The Hall–Kier alpha value is -2.41. The molecular formula is C18H16N2O2. The molecule has 3 aliphatic carbocycles. The summed E-state index contributed by atoms with van der Waals surface area (Å²) in [6.45, 7) is 1.85. The van der Waals surface area contributed by atoms with Crippen molar-refractivity contribution in [1.29, 1.82) is 5.26 Å². The van der Waals surface area contributed by atoms with Crippen molar-refractivity contribution in [1.82, 2.24) is 0 Å². The van der Waals surface area contributed by atoms with Crippen molar-refractivity contribution in [3.05, 3.63) is 41.5 Å². The second-order valence-corrected chi connectivity index (χ2v) is 6.46. The molecule has 0 N–H and O–H groups in total. The number of hydrogen-bond acceptors (Lipinski definition) is 3. The second-order valence-electron chi connectivity index (χ2n) is 6.46. The van der Waals surface area contributed by atoms with Crippen molar-refractivity contribution in [2.45, 2.75) is 19.8 Å². The number of benzene rings is 1. The summed E-state index contributed by atoms with van der Waals surface area (Å²) in [7, 11) is 0. The minimum Gasteiger partial charge on any atom is -0.274 e. The van der Waals surface area contributed by atoms with Gasteiger partial charge in [0, 0.05) is 0 Å². The molecule has 2 fully saturated rings. The first-order valence-electron chi connectivity index (χ1n) is 7.68. The van der Waals surface area contributed by atoms with Gasteiger partial charge in [-0.2, -0.15) is 5.26 Å². The molecule has 2 amide bonds. The fourth-order valence-corrected chi connectivity index (χ4v) is 4.20. The van der Waals surface area contributed by atoms with Gasteiger partial charge in [-0.3, -0.25) is 9.59 Å². The lowest BCUT2D eigenvalue weighted by atomic mass is 9.63. The van der Waals surface area contributed by atoms with Gasteiger partial charge in [0.05, 0.1) is 29.2 Å². The van der Waals surface area contributed by atoms with Gasteiger partial charge in [-0.15, -0.1) is 0 Å². The van der Waals surface area contributed by atoms with E-state index in [0.717, 1.165) is 18.4 Å². The number of carbonyl (C=O) groups excluding carboxylic acids is 2. The monoisotopic (exact) mass is 292 g/mol. The number of anilines is 1. The smallest absolute Gasteiger partial charge is 0.238 e. The average molecular weight is 292 g/mol. The van der Waals surface area contributed by atoms with Crippen LogP contribution in [-0.2, 0) is 9.59 Å². The Morgan fingerprint density at radius 2 is 1.68 bits per heavy atom. The van der Waals surface area contributed by atoms with Crippen LogP contribution < -0.4 is 4.90 Å². The fourth-order valence-electron chi connectivity index (χ4n) is 4.20. The number of nitrogens with zero attached hydrogens (tertiary/aromatic N) is 2. The van der Waals surface area contributed by atoms with E-state index >= 15 is 0 Å². The molecule has 1 aromatic rings. The topological polar surface area (TPSA) is 61.2 Å². The van der Waals surface area contributed by atoms with E-state index in [-0.39, 0.29) is 35.5 Å². The maximum atomic E-state index is 12.8. The maximum absolute atomic E-state index is 12.8. The first-order chi connectivity index (χ1) is 10.6. The number of amides is 2. The zero-order chi connectivity index (χ0) is 15.4. The molecule has 1 aliphatic heterocycles. The number of hydrogen-bond donors (Lipinski definition) is 0. The molecule has 0 spiro atoms. The Balaban J connectivity index is 1.77. The van der Waals surface area contributed by atoms with Crippen molar-refractivity contribution in [3.63, 3.8) is 0 Å². The first-order valence-corrected chi connectivity index (χ1v) is 7.68. The van der Waals surface area contributed by atoms with Gasteiger partial charge < -0.3 is 0 Å². The third kappa shape index (κ3) is 1.62. The summed E-state index contributed by atoms with van der Waals surface area (Å²) >= 11 is 0. The van der Waals surface area contributed by atoms with E-state index < -0.39 is 0 Å². The minimum absolute atomic E-state index is 0.0956. The van der Waals surface area contributed by atoms with E-state index in [4.69, 9.17) is 5.26 Å². The first kappa shape index (κ1) is 13.3. The quantitative estimate of drug-likeness (QED) is 0.590. The van der Waals surface area contributed by atoms with Crippen molar-refractivity contribution in [2.24, 2.45) is 23.7 Å². The van der Waals surface area contributed by atoms with Crippen LogP contribution in [-0.4, -0.2) is 11.8 Å². The average Bonchev–Trinajstić information content (AvgIpc) is 2.83. The lowest BCUT2D eigenvalue weighted by Gasteiger charge is -2.38. The van der Waals surface area contributed by atoms with E-state index in [0.29, 0.717) is 11.3 Å². The molecule has 0 radical (unpaired) electrons. The molecule has 22 heavy (non-hydrogen) atoms. The molecule has 4 atom stereocenters. The highest BCUT2D eigenvalue weighted by molar-refractivity contribution is 6.22. The Labute approximate surface area is 129 Å². The van der Waals surface area contributed by atoms with Gasteiger partial charge in [-0.25, -0.2) is 4.90 Å². The molecule has 110 valence electrons. The van der Waals surface area contributed by atoms with Crippen LogP contribution in [0, 0.1) is 41.9 Å². The zero-order valence-electron chi connectivity index (χ0n) is 12.3. The van der Waals surface area contributed by atoms with E-state index in [2.05, 4.69) is 18.2 Å². The van der Waals surface area contributed by atoms with E-state index in [1.807, 2.05) is 6.92 Å². The van der Waals surface area contributed by atoms with Crippen LogP contribution in [0.15, 0.2) is 30.4 Å². The van der Waals surface area contributed by atoms with Gasteiger partial charge in [-0.1, -0.05) is 18.2 Å². The number of nitriles is 1. The Morgan fingerprint density at radius 3 is 2.18 bits per heavy atom. The van der Waals surface area contributed by atoms with Crippen LogP contribution in [0.4, 0.5) is 5.69 Å².